The molecule has 0 aromatic carbocycles. The second-order valence-electron chi connectivity index (χ2n) is 5.00. The van der Waals surface area contributed by atoms with E-state index in [1.807, 2.05) is 13.8 Å². The number of carbonyl (C=O) groups is 2. The molecular formula is C11H17NO4. The van der Waals surface area contributed by atoms with Gasteiger partial charge in [-0.05, 0) is 25.2 Å². The van der Waals surface area contributed by atoms with Crippen molar-refractivity contribution in [1.29, 1.82) is 0 Å². The summed E-state index contributed by atoms with van der Waals surface area (Å²) in [7, 11) is 0. The summed E-state index contributed by atoms with van der Waals surface area (Å²) < 4.78 is 5.07. The highest BCUT2D eigenvalue weighted by atomic mass is 16.6. The van der Waals surface area contributed by atoms with Crippen molar-refractivity contribution in [2.24, 2.45) is 11.8 Å². The fourth-order valence-corrected chi connectivity index (χ4v) is 2.85. The normalized spacial score (nSPS) is 38.1. The summed E-state index contributed by atoms with van der Waals surface area (Å²) in [5.41, 5.74) is -0.324. The average Bonchev–Trinajstić information content (AvgIpc) is 2.50. The summed E-state index contributed by atoms with van der Waals surface area (Å²) in [6, 6.07) is 0. The van der Waals surface area contributed by atoms with Crippen LogP contribution < -0.4 is 0 Å². The number of carboxylic acids is 1. The van der Waals surface area contributed by atoms with Crippen molar-refractivity contribution >= 4 is 12.1 Å². The van der Waals surface area contributed by atoms with Crippen molar-refractivity contribution in [3.05, 3.63) is 0 Å². The number of ether oxygens (including phenoxy) is 1. The molecule has 5 nitrogen and oxygen atoms in total. The topological polar surface area (TPSA) is 66.8 Å². The molecule has 16 heavy (non-hydrogen) atoms. The lowest BCUT2D eigenvalue weighted by molar-refractivity contribution is -0.139. The zero-order chi connectivity index (χ0) is 11.9. The molecular weight excluding hydrogens is 210 g/mol. The van der Waals surface area contributed by atoms with E-state index in [0.717, 1.165) is 6.42 Å². The quantitative estimate of drug-likeness (QED) is 0.772. The van der Waals surface area contributed by atoms with Crippen LogP contribution in [0.1, 0.15) is 26.7 Å². The van der Waals surface area contributed by atoms with Crippen molar-refractivity contribution in [1.82, 2.24) is 4.90 Å². The fourth-order valence-electron chi connectivity index (χ4n) is 2.85. The molecule has 0 radical (unpaired) electrons. The number of hydrogen-bond acceptors (Lipinski definition) is 3. The summed E-state index contributed by atoms with van der Waals surface area (Å²) in [6.45, 7) is 4.99. The number of rotatable bonds is 2. The van der Waals surface area contributed by atoms with E-state index in [1.165, 1.54) is 0 Å². The van der Waals surface area contributed by atoms with E-state index in [2.05, 4.69) is 0 Å². The third-order valence-corrected chi connectivity index (χ3v) is 4.17. The first-order chi connectivity index (χ1) is 7.45. The minimum Gasteiger partial charge on any atom is -0.481 e. The molecule has 0 saturated carbocycles. The molecule has 0 aliphatic carbocycles. The first-order valence-corrected chi connectivity index (χ1v) is 5.61. The molecule has 2 saturated heterocycles. The molecule has 0 aromatic heterocycles. The van der Waals surface area contributed by atoms with Crippen molar-refractivity contribution in [2.45, 2.75) is 32.2 Å². The molecule has 2 aliphatic rings. The molecule has 1 N–H and O–H groups in total. The number of fused-ring (bicyclic) bond motifs is 1. The van der Waals surface area contributed by atoms with Crippen LogP contribution in [0.15, 0.2) is 0 Å². The molecule has 2 heterocycles. The van der Waals surface area contributed by atoms with Gasteiger partial charge < -0.3 is 9.84 Å². The third-order valence-electron chi connectivity index (χ3n) is 4.17. The van der Waals surface area contributed by atoms with E-state index in [4.69, 9.17) is 9.84 Å². The predicted octanol–water partition coefficient (Wildman–Crippen LogP) is 1.33. The van der Waals surface area contributed by atoms with E-state index < -0.39 is 5.97 Å². The van der Waals surface area contributed by atoms with Gasteiger partial charge in [-0.25, -0.2) is 4.79 Å². The van der Waals surface area contributed by atoms with Crippen molar-refractivity contribution in [3.63, 3.8) is 0 Å². The molecule has 1 amide bonds. The van der Waals surface area contributed by atoms with E-state index in [1.54, 1.807) is 4.90 Å². The molecule has 90 valence electrons. The summed E-state index contributed by atoms with van der Waals surface area (Å²) in [6.07, 6.45) is 0.667. The number of piperidine rings is 1. The summed E-state index contributed by atoms with van der Waals surface area (Å²) in [4.78, 5) is 24.0. The second-order valence-corrected chi connectivity index (χ2v) is 5.00. The van der Waals surface area contributed by atoms with Gasteiger partial charge in [0.2, 0.25) is 0 Å². The van der Waals surface area contributed by atoms with Gasteiger partial charge in [0.05, 0.1) is 5.54 Å². The Hall–Kier alpha value is -1.26. The van der Waals surface area contributed by atoms with Crippen LogP contribution in [0.2, 0.25) is 0 Å². The lowest BCUT2D eigenvalue weighted by atomic mass is 9.72. The van der Waals surface area contributed by atoms with Gasteiger partial charge >= 0.3 is 12.1 Å². The molecule has 2 aliphatic heterocycles. The Morgan fingerprint density at radius 3 is 3.00 bits per heavy atom. The Morgan fingerprint density at radius 1 is 1.69 bits per heavy atom. The first-order valence-electron chi connectivity index (χ1n) is 5.61. The van der Waals surface area contributed by atoms with Gasteiger partial charge in [0.25, 0.3) is 0 Å². The Balaban J connectivity index is 2.16. The van der Waals surface area contributed by atoms with Crippen LogP contribution in [0.25, 0.3) is 0 Å². The molecule has 2 fully saturated rings. The molecule has 2 rings (SSSR count). The van der Waals surface area contributed by atoms with Gasteiger partial charge in [-0.1, -0.05) is 6.92 Å². The maximum absolute atomic E-state index is 11.5. The third kappa shape index (κ3) is 1.54. The fraction of sp³-hybridized carbons (Fsp3) is 0.818. The van der Waals surface area contributed by atoms with Gasteiger partial charge in [-0.2, -0.15) is 0 Å². The van der Waals surface area contributed by atoms with Crippen LogP contribution in [0.5, 0.6) is 0 Å². The predicted molar refractivity (Wildman–Crippen MR) is 56.0 cm³/mol. The Labute approximate surface area is 94.4 Å². The summed E-state index contributed by atoms with van der Waals surface area (Å²) >= 11 is 0. The number of aliphatic carboxylic acids is 1. The molecule has 0 aromatic rings. The largest absolute Gasteiger partial charge is 0.481 e. The monoisotopic (exact) mass is 227 g/mol. The summed E-state index contributed by atoms with van der Waals surface area (Å²) in [5.74, 6) is -0.476. The van der Waals surface area contributed by atoms with Crippen LogP contribution in [-0.4, -0.2) is 40.8 Å². The van der Waals surface area contributed by atoms with Gasteiger partial charge in [0.15, 0.2) is 0 Å². The second kappa shape index (κ2) is 3.64. The maximum Gasteiger partial charge on any atom is 0.410 e. The maximum atomic E-state index is 11.5. The Kier molecular flexibility index (Phi) is 2.56. The van der Waals surface area contributed by atoms with Crippen LogP contribution >= 0.6 is 0 Å². The van der Waals surface area contributed by atoms with E-state index >= 15 is 0 Å². The van der Waals surface area contributed by atoms with Crippen LogP contribution in [0.4, 0.5) is 4.79 Å². The smallest absolute Gasteiger partial charge is 0.410 e. The summed E-state index contributed by atoms with van der Waals surface area (Å²) in [5, 5.41) is 8.85. The van der Waals surface area contributed by atoms with Crippen LogP contribution in [0.3, 0.4) is 0 Å². The number of hydrogen-bond donors (Lipinski definition) is 1. The average molecular weight is 227 g/mol. The lowest BCUT2D eigenvalue weighted by Gasteiger charge is -2.45. The SMILES string of the molecule is CC1[C@H](CC(=O)O)CCN2C(=O)OC[C@@]12C. The molecule has 0 bridgehead atoms. The minimum absolute atomic E-state index is 0.133. The van der Waals surface area contributed by atoms with Gasteiger partial charge in [0, 0.05) is 13.0 Å². The van der Waals surface area contributed by atoms with E-state index in [0.29, 0.717) is 13.2 Å². The number of carbonyl (C=O) groups excluding carboxylic acids is 1. The van der Waals surface area contributed by atoms with Crippen molar-refractivity contribution in [2.75, 3.05) is 13.2 Å². The Bertz CT molecular complexity index is 330. The number of cyclic esters (lactones) is 1. The number of nitrogens with zero attached hydrogens (tertiary/aromatic N) is 1. The molecule has 5 heteroatoms. The number of carboxylic acid groups (broad SMARTS) is 1. The molecule has 1 unspecified atom stereocenters. The van der Waals surface area contributed by atoms with Crippen molar-refractivity contribution in [3.8, 4) is 0 Å². The number of amides is 1. The Morgan fingerprint density at radius 2 is 2.38 bits per heavy atom. The van der Waals surface area contributed by atoms with Gasteiger partial charge in [0.1, 0.15) is 6.61 Å². The highest BCUT2D eigenvalue weighted by Gasteiger charge is 2.52. The zero-order valence-corrected chi connectivity index (χ0v) is 9.60. The van der Waals surface area contributed by atoms with E-state index in [-0.39, 0.29) is 29.9 Å². The highest BCUT2D eigenvalue weighted by molar-refractivity contribution is 5.72. The van der Waals surface area contributed by atoms with Crippen LogP contribution in [-0.2, 0) is 9.53 Å². The molecule has 3 atom stereocenters. The zero-order valence-electron chi connectivity index (χ0n) is 9.60. The van der Waals surface area contributed by atoms with Gasteiger partial charge in [-0.3, -0.25) is 9.69 Å². The lowest BCUT2D eigenvalue weighted by Crippen LogP contribution is -2.56. The molecule has 0 spiro atoms. The van der Waals surface area contributed by atoms with Crippen molar-refractivity contribution < 1.29 is 19.4 Å². The first kappa shape index (κ1) is 11.2. The highest BCUT2D eigenvalue weighted by Crippen LogP contribution is 2.42. The minimum atomic E-state index is -0.765. The van der Waals surface area contributed by atoms with Crippen LogP contribution in [0, 0.1) is 11.8 Å². The standard InChI is InChI=1S/C11H17NO4/c1-7-8(5-9(13)14)3-4-12-10(15)16-6-11(7,12)2/h7-8H,3-6H2,1-2H3,(H,13,14)/t7?,8-,11-/m0/s1. The van der Waals surface area contributed by atoms with Gasteiger partial charge in [-0.15, -0.1) is 0 Å². The van der Waals surface area contributed by atoms with E-state index in [9.17, 15) is 9.59 Å².